The van der Waals surface area contributed by atoms with Crippen molar-refractivity contribution < 1.29 is 9.18 Å². The van der Waals surface area contributed by atoms with Crippen molar-refractivity contribution in [2.45, 2.75) is 19.4 Å². The Morgan fingerprint density at radius 1 is 1.08 bits per heavy atom. The molecule has 124 valence electrons. The van der Waals surface area contributed by atoms with E-state index in [0.29, 0.717) is 6.42 Å². The standard InChI is InChI=1S/C19H15FN4O/c1-12(25)24-19(11-17(23-24)13-2-5-15(20)6-3-13)14-4-7-16-18(10-14)22-9-8-21-16/h2-10,19H,11H2,1H3. The van der Waals surface area contributed by atoms with Gasteiger partial charge >= 0.3 is 0 Å². The SMILES string of the molecule is CC(=O)N1N=C(c2ccc(F)cc2)CC1c1ccc2nccnc2c1. The molecule has 0 radical (unpaired) electrons. The summed E-state index contributed by atoms with van der Waals surface area (Å²) in [6, 6.07) is 11.7. The van der Waals surface area contributed by atoms with Crippen molar-refractivity contribution in [3.05, 3.63) is 71.8 Å². The second-order valence-corrected chi connectivity index (χ2v) is 5.94. The van der Waals surface area contributed by atoms with Crippen molar-refractivity contribution in [1.29, 1.82) is 0 Å². The molecule has 0 fully saturated rings. The molecular formula is C19H15FN4O. The van der Waals surface area contributed by atoms with Gasteiger partial charge in [0.1, 0.15) is 5.82 Å². The van der Waals surface area contributed by atoms with Gasteiger partial charge in [0.15, 0.2) is 0 Å². The summed E-state index contributed by atoms with van der Waals surface area (Å²) in [5, 5.41) is 5.95. The van der Waals surface area contributed by atoms with Gasteiger partial charge in [-0.1, -0.05) is 18.2 Å². The van der Waals surface area contributed by atoms with Gasteiger partial charge in [-0.3, -0.25) is 14.8 Å². The first-order valence-corrected chi connectivity index (χ1v) is 7.96. The van der Waals surface area contributed by atoms with Crippen LogP contribution in [0.5, 0.6) is 0 Å². The van der Waals surface area contributed by atoms with Crippen molar-refractivity contribution in [3.8, 4) is 0 Å². The van der Waals surface area contributed by atoms with Gasteiger partial charge in [0.2, 0.25) is 5.91 Å². The van der Waals surface area contributed by atoms with E-state index in [1.54, 1.807) is 24.5 Å². The summed E-state index contributed by atoms with van der Waals surface area (Å²) in [5.41, 5.74) is 4.11. The summed E-state index contributed by atoms with van der Waals surface area (Å²) in [6.45, 7) is 1.49. The Kier molecular flexibility index (Phi) is 3.72. The Morgan fingerprint density at radius 3 is 2.52 bits per heavy atom. The first-order chi connectivity index (χ1) is 12.1. The first-order valence-electron chi connectivity index (χ1n) is 7.96. The van der Waals surface area contributed by atoms with Crippen LogP contribution in [0, 0.1) is 5.82 Å². The van der Waals surface area contributed by atoms with Crippen LogP contribution in [0.2, 0.25) is 0 Å². The molecule has 2 heterocycles. The largest absolute Gasteiger partial charge is 0.273 e. The molecule has 25 heavy (non-hydrogen) atoms. The van der Waals surface area contributed by atoms with E-state index in [-0.39, 0.29) is 17.8 Å². The average molecular weight is 334 g/mol. The van der Waals surface area contributed by atoms with E-state index in [0.717, 1.165) is 27.9 Å². The molecule has 1 unspecified atom stereocenters. The van der Waals surface area contributed by atoms with E-state index in [1.165, 1.54) is 24.1 Å². The number of carbonyl (C=O) groups excluding carboxylic acids is 1. The lowest BCUT2D eigenvalue weighted by atomic mass is 9.98. The third kappa shape index (κ3) is 2.87. The summed E-state index contributed by atoms with van der Waals surface area (Å²) >= 11 is 0. The number of rotatable bonds is 2. The van der Waals surface area contributed by atoms with Crippen molar-refractivity contribution in [3.63, 3.8) is 0 Å². The highest BCUT2D eigenvalue weighted by Crippen LogP contribution is 2.33. The number of benzene rings is 2. The lowest BCUT2D eigenvalue weighted by Gasteiger charge is -2.20. The molecule has 4 rings (SSSR count). The first kappa shape index (κ1) is 15.4. The minimum atomic E-state index is -0.296. The van der Waals surface area contributed by atoms with Gasteiger partial charge in [-0.25, -0.2) is 9.40 Å². The van der Waals surface area contributed by atoms with Crippen LogP contribution in [0.15, 0.2) is 60.0 Å². The van der Waals surface area contributed by atoms with Gasteiger partial charge < -0.3 is 0 Å². The Bertz CT molecular complexity index is 984. The molecule has 6 heteroatoms. The number of hydrazone groups is 1. The molecule has 1 aromatic heterocycles. The number of amides is 1. The zero-order chi connectivity index (χ0) is 17.4. The number of halogens is 1. The molecule has 1 aliphatic heterocycles. The molecule has 1 atom stereocenters. The molecule has 5 nitrogen and oxygen atoms in total. The van der Waals surface area contributed by atoms with Crippen LogP contribution in [-0.4, -0.2) is 26.6 Å². The molecule has 0 spiro atoms. The topological polar surface area (TPSA) is 58.5 Å². The average Bonchev–Trinajstić information content (AvgIpc) is 3.07. The summed E-state index contributed by atoms with van der Waals surface area (Å²) < 4.78 is 13.2. The van der Waals surface area contributed by atoms with E-state index in [9.17, 15) is 9.18 Å². The third-order valence-electron chi connectivity index (χ3n) is 4.29. The fourth-order valence-electron chi connectivity index (χ4n) is 3.06. The number of nitrogens with zero attached hydrogens (tertiary/aromatic N) is 4. The molecule has 0 bridgehead atoms. The molecule has 0 saturated carbocycles. The van der Waals surface area contributed by atoms with E-state index in [4.69, 9.17) is 0 Å². The van der Waals surface area contributed by atoms with Crippen LogP contribution >= 0.6 is 0 Å². The zero-order valence-corrected chi connectivity index (χ0v) is 13.6. The summed E-state index contributed by atoms with van der Waals surface area (Å²) in [5.74, 6) is -0.434. The van der Waals surface area contributed by atoms with Crippen molar-refractivity contribution in [1.82, 2.24) is 15.0 Å². The van der Waals surface area contributed by atoms with E-state index < -0.39 is 0 Å². The van der Waals surface area contributed by atoms with E-state index in [2.05, 4.69) is 15.1 Å². The predicted octanol–water partition coefficient (Wildman–Crippen LogP) is 3.47. The number of hydrogen-bond acceptors (Lipinski definition) is 4. The fourth-order valence-corrected chi connectivity index (χ4v) is 3.06. The van der Waals surface area contributed by atoms with Gasteiger partial charge in [0, 0.05) is 25.7 Å². The van der Waals surface area contributed by atoms with E-state index >= 15 is 0 Å². The zero-order valence-electron chi connectivity index (χ0n) is 13.6. The lowest BCUT2D eigenvalue weighted by molar-refractivity contribution is -0.130. The van der Waals surface area contributed by atoms with Gasteiger partial charge in [-0.05, 0) is 35.4 Å². The van der Waals surface area contributed by atoms with Gasteiger partial charge in [-0.2, -0.15) is 5.10 Å². The van der Waals surface area contributed by atoms with Crippen LogP contribution in [0.1, 0.15) is 30.5 Å². The highest BCUT2D eigenvalue weighted by Gasteiger charge is 2.31. The van der Waals surface area contributed by atoms with Crippen LogP contribution in [-0.2, 0) is 4.79 Å². The van der Waals surface area contributed by atoms with Crippen LogP contribution in [0.25, 0.3) is 11.0 Å². The Hall–Kier alpha value is -3.15. The second-order valence-electron chi connectivity index (χ2n) is 5.94. The van der Waals surface area contributed by atoms with Gasteiger partial charge in [0.25, 0.3) is 0 Å². The maximum atomic E-state index is 13.2. The molecular weight excluding hydrogens is 319 g/mol. The number of carbonyl (C=O) groups is 1. The fraction of sp³-hybridized carbons (Fsp3) is 0.158. The molecule has 2 aromatic carbocycles. The van der Waals surface area contributed by atoms with Crippen LogP contribution < -0.4 is 0 Å². The summed E-state index contributed by atoms with van der Waals surface area (Å²) in [7, 11) is 0. The molecule has 0 N–H and O–H groups in total. The third-order valence-corrected chi connectivity index (χ3v) is 4.29. The smallest absolute Gasteiger partial charge is 0.240 e. The minimum absolute atomic E-state index is 0.138. The lowest BCUT2D eigenvalue weighted by Crippen LogP contribution is -2.24. The van der Waals surface area contributed by atoms with Gasteiger partial charge in [-0.15, -0.1) is 0 Å². The van der Waals surface area contributed by atoms with Crippen LogP contribution in [0.4, 0.5) is 4.39 Å². The number of fused-ring (bicyclic) bond motifs is 1. The summed E-state index contributed by atoms with van der Waals surface area (Å²) in [6.07, 6.45) is 3.86. The predicted molar refractivity (Wildman–Crippen MR) is 92.4 cm³/mol. The van der Waals surface area contributed by atoms with Gasteiger partial charge in [0.05, 0.1) is 22.8 Å². The molecule has 3 aromatic rings. The van der Waals surface area contributed by atoms with E-state index in [1.807, 2.05) is 18.2 Å². The Morgan fingerprint density at radius 2 is 1.80 bits per heavy atom. The molecule has 1 amide bonds. The van der Waals surface area contributed by atoms with Crippen molar-refractivity contribution in [2.75, 3.05) is 0 Å². The highest BCUT2D eigenvalue weighted by atomic mass is 19.1. The maximum absolute atomic E-state index is 13.2. The van der Waals surface area contributed by atoms with Crippen molar-refractivity contribution in [2.24, 2.45) is 5.10 Å². The Labute approximate surface area is 143 Å². The molecule has 1 aliphatic rings. The Balaban J connectivity index is 1.71. The summed E-state index contributed by atoms with van der Waals surface area (Å²) in [4.78, 5) is 20.6. The highest BCUT2D eigenvalue weighted by molar-refractivity contribution is 6.03. The minimum Gasteiger partial charge on any atom is -0.273 e. The second kappa shape index (κ2) is 6.05. The van der Waals surface area contributed by atoms with Crippen molar-refractivity contribution >= 4 is 22.7 Å². The molecule has 0 aliphatic carbocycles. The molecule has 0 saturated heterocycles. The normalized spacial score (nSPS) is 17.0. The van der Waals surface area contributed by atoms with Crippen LogP contribution in [0.3, 0.4) is 0 Å². The maximum Gasteiger partial charge on any atom is 0.240 e. The number of hydrogen-bond donors (Lipinski definition) is 0. The monoisotopic (exact) mass is 334 g/mol. The number of aromatic nitrogens is 2. The quantitative estimate of drug-likeness (QED) is 0.721.